The van der Waals surface area contributed by atoms with Gasteiger partial charge in [-0.25, -0.2) is 18.4 Å². The average Bonchev–Trinajstić information content (AvgIpc) is 3.60. The highest BCUT2D eigenvalue weighted by Crippen LogP contribution is 2.26. The Hall–Kier alpha value is -4.26. The normalized spacial score (nSPS) is 14.2. The third-order valence-electron chi connectivity index (χ3n) is 7.00. The number of anilines is 2. The lowest BCUT2D eigenvalue weighted by atomic mass is 10.1. The molecule has 40 heavy (non-hydrogen) atoms. The number of morpholine rings is 1. The van der Waals surface area contributed by atoms with Gasteiger partial charge in [0.05, 0.1) is 38.2 Å². The SMILES string of the molecule is Cc1ccc(Nc2ncc3ccn(-c4cc(F)c(CN5CCOCC5)c(F)c4)c3n2)cc1Cn1cc(CO)nn1. The Labute approximate surface area is 228 Å². The molecule has 206 valence electrons. The van der Waals surface area contributed by atoms with Crippen molar-refractivity contribution in [2.45, 2.75) is 26.6 Å². The second-order valence-electron chi connectivity index (χ2n) is 9.77. The predicted molar refractivity (Wildman–Crippen MR) is 144 cm³/mol. The molecule has 3 aromatic heterocycles. The van der Waals surface area contributed by atoms with Crippen molar-refractivity contribution in [2.24, 2.45) is 0 Å². The summed E-state index contributed by atoms with van der Waals surface area (Å²) in [5.41, 5.74) is 4.25. The van der Waals surface area contributed by atoms with E-state index in [1.807, 2.05) is 30.0 Å². The highest BCUT2D eigenvalue weighted by molar-refractivity contribution is 5.79. The van der Waals surface area contributed by atoms with E-state index < -0.39 is 11.6 Å². The summed E-state index contributed by atoms with van der Waals surface area (Å²) in [6.45, 7) is 4.92. The zero-order chi connectivity index (χ0) is 27.6. The minimum atomic E-state index is -0.596. The van der Waals surface area contributed by atoms with E-state index in [4.69, 9.17) is 4.74 Å². The molecule has 0 aliphatic carbocycles. The van der Waals surface area contributed by atoms with Crippen molar-refractivity contribution in [1.29, 1.82) is 0 Å². The molecule has 1 aliphatic heterocycles. The molecule has 1 aliphatic rings. The standard InChI is InChI=1S/C28H28F2N8O2/c1-18-2-3-21(10-20(18)14-37-15-22(17-39)34-35-37)32-28-31-13-19-4-5-38(27(19)33-28)23-11-25(29)24(26(30)12-23)16-36-6-8-40-9-7-36/h2-5,10-13,15,39H,6-9,14,16-17H2,1H3,(H,31,32,33). The number of rotatable bonds is 8. The summed E-state index contributed by atoms with van der Waals surface area (Å²) in [6, 6.07) is 10.4. The molecule has 6 rings (SSSR count). The first-order valence-corrected chi connectivity index (χ1v) is 13.0. The number of halogens is 2. The molecule has 0 radical (unpaired) electrons. The molecule has 0 atom stereocenters. The first-order chi connectivity index (χ1) is 19.5. The van der Waals surface area contributed by atoms with Gasteiger partial charge in [0.15, 0.2) is 0 Å². The third kappa shape index (κ3) is 5.41. The Balaban J connectivity index is 1.25. The van der Waals surface area contributed by atoms with E-state index >= 15 is 8.78 Å². The maximum Gasteiger partial charge on any atom is 0.229 e. The maximum atomic E-state index is 15.1. The molecule has 5 aromatic rings. The van der Waals surface area contributed by atoms with Crippen LogP contribution >= 0.6 is 0 Å². The Bertz CT molecular complexity index is 1640. The van der Waals surface area contributed by atoms with Crippen molar-refractivity contribution >= 4 is 22.7 Å². The lowest BCUT2D eigenvalue weighted by Gasteiger charge is -2.27. The van der Waals surface area contributed by atoms with Gasteiger partial charge in [-0.3, -0.25) is 4.90 Å². The van der Waals surface area contributed by atoms with Gasteiger partial charge in [-0.15, -0.1) is 5.10 Å². The number of aryl methyl sites for hydroxylation is 1. The number of nitrogens with zero attached hydrogens (tertiary/aromatic N) is 7. The van der Waals surface area contributed by atoms with E-state index in [-0.39, 0.29) is 18.7 Å². The fourth-order valence-electron chi connectivity index (χ4n) is 4.76. The molecule has 0 spiro atoms. The number of hydrogen-bond acceptors (Lipinski definition) is 8. The number of ether oxygens (including phenoxy) is 1. The van der Waals surface area contributed by atoms with Crippen molar-refractivity contribution in [2.75, 3.05) is 31.6 Å². The van der Waals surface area contributed by atoms with E-state index in [1.165, 1.54) is 12.1 Å². The van der Waals surface area contributed by atoms with Crippen LogP contribution in [0.15, 0.2) is 55.0 Å². The zero-order valence-electron chi connectivity index (χ0n) is 21.9. The van der Waals surface area contributed by atoms with Crippen LogP contribution in [0.1, 0.15) is 22.4 Å². The number of aliphatic hydroxyl groups is 1. The van der Waals surface area contributed by atoms with Crippen LogP contribution in [0.3, 0.4) is 0 Å². The summed E-state index contributed by atoms with van der Waals surface area (Å²) < 4.78 is 38.8. The van der Waals surface area contributed by atoms with Gasteiger partial charge >= 0.3 is 0 Å². The van der Waals surface area contributed by atoms with Crippen molar-refractivity contribution in [3.63, 3.8) is 0 Å². The van der Waals surface area contributed by atoms with Crippen LogP contribution in [0.2, 0.25) is 0 Å². The summed E-state index contributed by atoms with van der Waals surface area (Å²) in [7, 11) is 0. The van der Waals surface area contributed by atoms with Crippen molar-refractivity contribution in [1.82, 2.24) is 34.4 Å². The average molecular weight is 547 g/mol. The Morgan fingerprint density at radius 2 is 1.85 bits per heavy atom. The first-order valence-electron chi connectivity index (χ1n) is 13.0. The van der Waals surface area contributed by atoms with Crippen LogP contribution in [0.4, 0.5) is 20.4 Å². The molecule has 2 N–H and O–H groups in total. The number of hydrogen-bond donors (Lipinski definition) is 2. The van der Waals surface area contributed by atoms with E-state index in [1.54, 1.807) is 33.9 Å². The number of benzene rings is 2. The van der Waals surface area contributed by atoms with Crippen LogP contribution in [-0.4, -0.2) is 65.8 Å². The molecular weight excluding hydrogens is 518 g/mol. The Kier molecular flexibility index (Phi) is 7.20. The van der Waals surface area contributed by atoms with Crippen molar-refractivity contribution < 1.29 is 18.6 Å². The van der Waals surface area contributed by atoms with E-state index in [0.717, 1.165) is 22.2 Å². The van der Waals surface area contributed by atoms with Gasteiger partial charge in [0.1, 0.15) is 23.0 Å². The lowest BCUT2D eigenvalue weighted by Crippen LogP contribution is -2.36. The van der Waals surface area contributed by atoms with E-state index in [0.29, 0.717) is 55.8 Å². The van der Waals surface area contributed by atoms with Crippen LogP contribution in [-0.2, 0) is 24.4 Å². The molecular formula is C28H28F2N8O2. The zero-order valence-corrected chi connectivity index (χ0v) is 21.9. The molecule has 12 heteroatoms. The van der Waals surface area contributed by atoms with Gasteiger partial charge in [-0.05, 0) is 48.4 Å². The van der Waals surface area contributed by atoms with Gasteiger partial charge in [-0.1, -0.05) is 11.3 Å². The summed E-state index contributed by atoms with van der Waals surface area (Å²) in [5.74, 6) is -0.849. The molecule has 0 unspecified atom stereocenters. The molecule has 1 saturated heterocycles. The van der Waals surface area contributed by atoms with Gasteiger partial charge < -0.3 is 19.7 Å². The predicted octanol–water partition coefficient (Wildman–Crippen LogP) is 3.72. The van der Waals surface area contributed by atoms with Gasteiger partial charge in [-0.2, -0.15) is 4.98 Å². The summed E-state index contributed by atoms with van der Waals surface area (Å²) in [6.07, 6.45) is 5.09. The lowest BCUT2D eigenvalue weighted by molar-refractivity contribution is 0.0332. The molecule has 0 saturated carbocycles. The molecule has 10 nitrogen and oxygen atoms in total. The molecule has 1 fully saturated rings. The minimum Gasteiger partial charge on any atom is -0.390 e. The Morgan fingerprint density at radius 1 is 1.05 bits per heavy atom. The smallest absolute Gasteiger partial charge is 0.229 e. The number of nitrogens with one attached hydrogen (secondary N) is 1. The summed E-state index contributed by atoms with van der Waals surface area (Å²) >= 11 is 0. The topological polar surface area (TPSA) is 106 Å². The van der Waals surface area contributed by atoms with E-state index in [9.17, 15) is 5.11 Å². The summed E-state index contributed by atoms with van der Waals surface area (Å²) in [5, 5.41) is 21.2. The minimum absolute atomic E-state index is 0.0488. The number of fused-ring (bicyclic) bond motifs is 1. The van der Waals surface area contributed by atoms with Crippen LogP contribution in [0.25, 0.3) is 16.7 Å². The molecule has 0 amide bonds. The highest BCUT2D eigenvalue weighted by Gasteiger charge is 2.19. The van der Waals surface area contributed by atoms with Gasteiger partial charge in [0, 0.05) is 48.7 Å². The largest absolute Gasteiger partial charge is 0.390 e. The van der Waals surface area contributed by atoms with Crippen molar-refractivity contribution in [3.8, 4) is 5.69 Å². The second-order valence-corrected chi connectivity index (χ2v) is 9.77. The van der Waals surface area contributed by atoms with Gasteiger partial charge in [0.2, 0.25) is 5.95 Å². The van der Waals surface area contributed by atoms with Gasteiger partial charge in [0.25, 0.3) is 0 Å². The molecule has 4 heterocycles. The first kappa shape index (κ1) is 26.0. The second kappa shape index (κ2) is 11.1. The van der Waals surface area contributed by atoms with Crippen molar-refractivity contribution in [3.05, 3.63) is 89.0 Å². The van der Waals surface area contributed by atoms with Crippen LogP contribution in [0, 0.1) is 18.6 Å². The quantitative estimate of drug-likeness (QED) is 0.304. The number of aliphatic hydroxyl groups excluding tert-OH is 1. The Morgan fingerprint density at radius 3 is 2.60 bits per heavy atom. The third-order valence-corrected chi connectivity index (χ3v) is 7.00. The highest BCUT2D eigenvalue weighted by atomic mass is 19.1. The van der Waals surface area contributed by atoms with Crippen LogP contribution in [0.5, 0.6) is 0 Å². The molecule has 2 aromatic carbocycles. The molecule has 0 bridgehead atoms. The monoisotopic (exact) mass is 546 g/mol. The maximum absolute atomic E-state index is 15.1. The fourth-order valence-corrected chi connectivity index (χ4v) is 4.76. The fraction of sp³-hybridized carbons (Fsp3) is 0.286. The van der Waals surface area contributed by atoms with E-state index in [2.05, 4.69) is 25.6 Å². The summed E-state index contributed by atoms with van der Waals surface area (Å²) in [4.78, 5) is 11.1. The van der Waals surface area contributed by atoms with Crippen LogP contribution < -0.4 is 5.32 Å². The number of aromatic nitrogens is 6.